The molecule has 9 nitrogen and oxygen atoms in total. The molecule has 4 N–H and O–H groups in total. The molecule has 0 bridgehead atoms. The minimum absolute atomic E-state index is 0.0683. The second kappa shape index (κ2) is 13.5. The molecule has 0 atom stereocenters. The first-order valence-corrected chi connectivity index (χ1v) is 15.7. The first-order chi connectivity index (χ1) is 22.0. The van der Waals surface area contributed by atoms with E-state index in [2.05, 4.69) is 10.0 Å². The fourth-order valence-electron chi connectivity index (χ4n) is 4.83. The summed E-state index contributed by atoms with van der Waals surface area (Å²) < 4.78 is 48.8. The van der Waals surface area contributed by atoms with E-state index in [0.717, 1.165) is 22.8 Å². The summed E-state index contributed by atoms with van der Waals surface area (Å²) in [5.74, 6) is -2.83. The number of hydrogen-bond acceptors (Lipinski definition) is 6. The van der Waals surface area contributed by atoms with Gasteiger partial charge in [0.05, 0.1) is 11.3 Å². The maximum absolute atomic E-state index is 15.0. The monoisotopic (exact) mass is 640 g/mol. The molecular weight excluding hydrogens is 611 g/mol. The minimum atomic E-state index is -3.96. The number of aromatic carboxylic acids is 1. The van der Waals surface area contributed by atoms with Gasteiger partial charge in [0.1, 0.15) is 12.4 Å². The molecule has 5 aromatic carbocycles. The molecule has 0 heterocycles. The van der Waals surface area contributed by atoms with Crippen LogP contribution in [0.2, 0.25) is 0 Å². The van der Waals surface area contributed by atoms with Gasteiger partial charge in [-0.15, -0.1) is 0 Å². The average Bonchev–Trinajstić information content (AvgIpc) is 3.00. The number of amides is 1. The average molecular weight is 641 g/mol. The van der Waals surface area contributed by atoms with Gasteiger partial charge in [-0.3, -0.25) is 9.52 Å². The number of hydrogen-bond donors (Lipinski definition) is 4. The summed E-state index contributed by atoms with van der Waals surface area (Å²) in [7, 11) is -3.96. The van der Waals surface area contributed by atoms with Gasteiger partial charge in [-0.25, -0.2) is 17.6 Å². The van der Waals surface area contributed by atoms with Crippen LogP contribution in [-0.4, -0.2) is 30.5 Å². The minimum Gasteiger partial charge on any atom is -0.508 e. The van der Waals surface area contributed by atoms with E-state index < -0.39 is 33.5 Å². The number of phenols is 1. The molecule has 11 heteroatoms. The normalized spacial score (nSPS) is 11.1. The molecule has 0 aliphatic rings. The van der Waals surface area contributed by atoms with E-state index in [-0.39, 0.29) is 40.6 Å². The van der Waals surface area contributed by atoms with Crippen LogP contribution < -0.4 is 14.8 Å². The van der Waals surface area contributed by atoms with Crippen molar-refractivity contribution in [2.24, 2.45) is 0 Å². The third-order valence-corrected chi connectivity index (χ3v) is 8.15. The highest BCUT2D eigenvalue weighted by Gasteiger charge is 2.18. The number of benzene rings is 5. The van der Waals surface area contributed by atoms with Crippen LogP contribution in [0.5, 0.6) is 11.5 Å². The fourth-order valence-corrected chi connectivity index (χ4v) is 6.04. The zero-order valence-electron chi connectivity index (χ0n) is 24.5. The summed E-state index contributed by atoms with van der Waals surface area (Å²) >= 11 is 0. The molecule has 5 rings (SSSR count). The number of ether oxygens (including phenoxy) is 1. The maximum Gasteiger partial charge on any atom is 0.335 e. The lowest BCUT2D eigenvalue weighted by Crippen LogP contribution is -2.17. The Morgan fingerprint density at radius 2 is 1.59 bits per heavy atom. The third-order valence-electron chi connectivity index (χ3n) is 6.91. The lowest BCUT2D eigenvalue weighted by atomic mass is 10.0. The van der Waals surface area contributed by atoms with Gasteiger partial charge in [-0.1, -0.05) is 48.5 Å². The van der Waals surface area contributed by atoms with Crippen molar-refractivity contribution in [1.29, 1.82) is 0 Å². The highest BCUT2D eigenvalue weighted by molar-refractivity contribution is 7.91. The molecule has 234 valence electrons. The lowest BCUT2D eigenvalue weighted by molar-refractivity contribution is 0.0695. The molecule has 5 aromatic rings. The van der Waals surface area contributed by atoms with E-state index >= 15 is 0 Å². The van der Waals surface area contributed by atoms with E-state index in [0.29, 0.717) is 11.1 Å². The molecule has 0 unspecified atom stereocenters. The molecule has 0 aromatic heterocycles. The van der Waals surface area contributed by atoms with Crippen LogP contribution in [0.25, 0.3) is 11.1 Å². The number of aromatic hydroxyl groups is 1. The van der Waals surface area contributed by atoms with E-state index in [1.165, 1.54) is 30.3 Å². The smallest absolute Gasteiger partial charge is 0.335 e. The molecule has 0 fully saturated rings. The Bertz CT molecular complexity index is 2030. The molecule has 0 saturated heterocycles. The summed E-state index contributed by atoms with van der Waals surface area (Å²) in [6.45, 7) is 1.68. The van der Waals surface area contributed by atoms with Gasteiger partial charge in [0.15, 0.2) is 11.6 Å². The van der Waals surface area contributed by atoms with Crippen molar-refractivity contribution in [1.82, 2.24) is 0 Å². The Morgan fingerprint density at radius 3 is 2.33 bits per heavy atom. The van der Waals surface area contributed by atoms with Crippen LogP contribution in [-0.2, 0) is 22.4 Å². The van der Waals surface area contributed by atoms with Crippen molar-refractivity contribution >= 4 is 33.3 Å². The Hall–Kier alpha value is -5.68. The first kappa shape index (κ1) is 31.7. The molecule has 0 spiro atoms. The van der Waals surface area contributed by atoms with E-state index in [1.54, 1.807) is 73.7 Å². The highest BCUT2D eigenvalue weighted by Crippen LogP contribution is 2.26. The van der Waals surface area contributed by atoms with Crippen molar-refractivity contribution in [2.45, 2.75) is 19.3 Å². The van der Waals surface area contributed by atoms with Crippen molar-refractivity contribution < 1.29 is 37.3 Å². The zero-order chi connectivity index (χ0) is 32.8. The Morgan fingerprint density at radius 1 is 0.826 bits per heavy atom. The first-order valence-electron chi connectivity index (χ1n) is 14.0. The molecule has 1 amide bonds. The van der Waals surface area contributed by atoms with Gasteiger partial charge < -0.3 is 20.3 Å². The van der Waals surface area contributed by atoms with Crippen LogP contribution in [0.1, 0.15) is 37.4 Å². The van der Waals surface area contributed by atoms with Crippen LogP contribution >= 0.6 is 0 Å². The maximum atomic E-state index is 15.0. The van der Waals surface area contributed by atoms with Crippen LogP contribution in [0.4, 0.5) is 15.8 Å². The number of aryl methyl sites for hydroxylation is 1. The molecule has 0 saturated carbocycles. The number of carboxylic acids is 1. The van der Waals surface area contributed by atoms with Crippen LogP contribution in [0.15, 0.2) is 109 Å². The molecular formula is C35H29FN2O7S. The molecule has 0 radical (unpaired) electrons. The molecule has 0 aliphatic heterocycles. The number of phenolic OH excluding ortho intramolecular Hbond substituents is 1. The Labute approximate surface area is 265 Å². The standard InChI is InChI=1S/C35H29FN2O7S/c1-22-15-23(17-29(16-22)38-46(43,44)21-27-5-2-3-8-31(27)35(41)42)20-45-33-14-11-28(19-32(33)36)37-34(40)26-7-4-6-25(18-26)24-9-12-30(39)13-10-24/h2-19,38-39H,20-21H2,1H3,(H,37,40)(H,41,42). The Balaban J connectivity index is 1.22. The van der Waals surface area contributed by atoms with Crippen LogP contribution in [0.3, 0.4) is 0 Å². The Kier molecular flexibility index (Phi) is 9.34. The quantitative estimate of drug-likeness (QED) is 0.122. The van der Waals surface area contributed by atoms with Crippen molar-refractivity contribution in [2.75, 3.05) is 10.0 Å². The van der Waals surface area contributed by atoms with Gasteiger partial charge in [0.2, 0.25) is 10.0 Å². The van der Waals surface area contributed by atoms with Crippen molar-refractivity contribution in [3.8, 4) is 22.6 Å². The summed E-state index contributed by atoms with van der Waals surface area (Å²) in [4.78, 5) is 24.4. The number of carbonyl (C=O) groups is 2. The highest BCUT2D eigenvalue weighted by atomic mass is 32.2. The number of halogens is 1. The second-order valence-electron chi connectivity index (χ2n) is 10.5. The summed E-state index contributed by atoms with van der Waals surface area (Å²) in [6.07, 6.45) is 0. The fraction of sp³-hybridized carbons (Fsp3) is 0.0857. The van der Waals surface area contributed by atoms with E-state index in [9.17, 15) is 32.6 Å². The number of carbonyl (C=O) groups excluding carboxylic acids is 1. The molecule has 46 heavy (non-hydrogen) atoms. The van der Waals surface area contributed by atoms with Crippen LogP contribution in [0, 0.1) is 12.7 Å². The van der Waals surface area contributed by atoms with E-state index in [4.69, 9.17) is 4.74 Å². The van der Waals surface area contributed by atoms with Gasteiger partial charge in [0.25, 0.3) is 5.91 Å². The third kappa shape index (κ3) is 8.07. The summed E-state index contributed by atoms with van der Waals surface area (Å²) in [5, 5.41) is 21.6. The zero-order valence-corrected chi connectivity index (χ0v) is 25.3. The molecule has 0 aliphatic carbocycles. The number of rotatable bonds is 11. The van der Waals surface area contributed by atoms with E-state index in [1.807, 2.05) is 6.07 Å². The predicted octanol–water partition coefficient (Wildman–Crippen LogP) is 6.98. The SMILES string of the molecule is Cc1cc(COc2ccc(NC(=O)c3cccc(-c4ccc(O)cc4)c3)cc2F)cc(NS(=O)(=O)Cc2ccccc2C(=O)O)c1. The number of carboxylic acid groups (broad SMARTS) is 1. The van der Waals surface area contributed by atoms with Gasteiger partial charge in [0, 0.05) is 23.0 Å². The van der Waals surface area contributed by atoms with Gasteiger partial charge in [-0.05, 0) is 89.3 Å². The number of sulfonamides is 1. The van der Waals surface area contributed by atoms with Crippen molar-refractivity contribution in [3.63, 3.8) is 0 Å². The number of nitrogens with one attached hydrogen (secondary N) is 2. The largest absolute Gasteiger partial charge is 0.508 e. The lowest BCUT2D eigenvalue weighted by Gasteiger charge is -2.13. The van der Waals surface area contributed by atoms with Gasteiger partial charge in [-0.2, -0.15) is 0 Å². The van der Waals surface area contributed by atoms with Crippen molar-refractivity contribution in [3.05, 3.63) is 143 Å². The van der Waals surface area contributed by atoms with Gasteiger partial charge >= 0.3 is 5.97 Å². The number of anilines is 2. The topological polar surface area (TPSA) is 142 Å². The summed E-state index contributed by atoms with van der Waals surface area (Å²) in [5.41, 5.74) is 3.77. The predicted molar refractivity (Wildman–Crippen MR) is 173 cm³/mol. The summed E-state index contributed by atoms with van der Waals surface area (Å²) in [6, 6.07) is 28.3. The second-order valence-corrected chi connectivity index (χ2v) is 12.3.